The van der Waals surface area contributed by atoms with E-state index in [0.717, 1.165) is 30.6 Å². The van der Waals surface area contributed by atoms with Crippen LogP contribution in [0.5, 0.6) is 5.75 Å². The van der Waals surface area contributed by atoms with Gasteiger partial charge in [-0.05, 0) is 50.1 Å². The Balaban J connectivity index is 1.53. The third-order valence-electron chi connectivity index (χ3n) is 4.02. The van der Waals surface area contributed by atoms with Crippen molar-refractivity contribution < 1.29 is 18.7 Å². The quantitative estimate of drug-likeness (QED) is 0.861. The van der Waals surface area contributed by atoms with Gasteiger partial charge in [0.15, 0.2) is 12.4 Å². The first kappa shape index (κ1) is 15.3. The van der Waals surface area contributed by atoms with Gasteiger partial charge in [0.25, 0.3) is 5.91 Å². The largest absolute Gasteiger partial charge is 0.484 e. The van der Waals surface area contributed by atoms with Crippen molar-refractivity contribution >= 4 is 11.7 Å². The minimum atomic E-state index is -0.167. The zero-order chi connectivity index (χ0) is 16.2. The fraction of sp³-hybridized carbons (Fsp3) is 0.333. The molecule has 0 radical (unpaired) electrons. The number of amides is 1. The molecule has 1 aromatic heterocycles. The lowest BCUT2D eigenvalue weighted by molar-refractivity contribution is -0.124. The predicted molar refractivity (Wildman–Crippen MR) is 84.5 cm³/mol. The number of fused-ring (bicyclic) bond motifs is 1. The van der Waals surface area contributed by atoms with Crippen molar-refractivity contribution in [2.45, 2.75) is 32.2 Å². The zero-order valence-corrected chi connectivity index (χ0v) is 13.0. The second-order valence-electron chi connectivity index (χ2n) is 5.68. The Labute approximate surface area is 134 Å². The van der Waals surface area contributed by atoms with Gasteiger partial charge in [-0.3, -0.25) is 9.59 Å². The molecule has 3 rings (SSSR count). The molecule has 1 unspecified atom stereocenters. The van der Waals surface area contributed by atoms with Crippen molar-refractivity contribution in [1.29, 1.82) is 0 Å². The Bertz CT molecular complexity index is 702. The Morgan fingerprint density at radius 3 is 2.78 bits per heavy atom. The van der Waals surface area contributed by atoms with Gasteiger partial charge < -0.3 is 14.5 Å². The summed E-state index contributed by atoms with van der Waals surface area (Å²) in [6.07, 6.45) is 4.50. The number of hydrogen-bond donors (Lipinski definition) is 1. The summed E-state index contributed by atoms with van der Waals surface area (Å²) in [5.74, 6) is 1.36. The molecular weight excluding hydrogens is 294 g/mol. The van der Waals surface area contributed by atoms with E-state index in [1.165, 1.54) is 6.92 Å². The lowest BCUT2D eigenvalue weighted by Crippen LogP contribution is -2.34. The van der Waals surface area contributed by atoms with E-state index in [0.29, 0.717) is 11.3 Å². The summed E-state index contributed by atoms with van der Waals surface area (Å²) in [5, 5.41) is 2.98. The summed E-state index contributed by atoms with van der Waals surface area (Å²) < 4.78 is 10.9. The number of aryl methyl sites for hydroxylation is 1. The maximum Gasteiger partial charge on any atom is 0.258 e. The molecule has 0 aliphatic heterocycles. The minimum absolute atomic E-state index is 0.00232. The van der Waals surface area contributed by atoms with E-state index in [2.05, 4.69) is 5.32 Å². The van der Waals surface area contributed by atoms with Gasteiger partial charge in [-0.25, -0.2) is 0 Å². The average Bonchev–Trinajstić information content (AvgIpc) is 3.03. The van der Waals surface area contributed by atoms with Gasteiger partial charge in [0, 0.05) is 17.5 Å². The maximum absolute atomic E-state index is 12.1. The van der Waals surface area contributed by atoms with Crippen LogP contribution in [0.1, 0.15) is 47.5 Å². The van der Waals surface area contributed by atoms with Crippen LogP contribution in [0.2, 0.25) is 0 Å². The SMILES string of the molecule is CC(=O)c1ccc(OCC(=O)NC2CCCc3occc32)cc1. The molecule has 120 valence electrons. The van der Waals surface area contributed by atoms with E-state index in [-0.39, 0.29) is 24.3 Å². The van der Waals surface area contributed by atoms with Gasteiger partial charge in [-0.1, -0.05) is 0 Å². The molecule has 1 amide bonds. The lowest BCUT2D eigenvalue weighted by Gasteiger charge is -2.22. The number of carbonyl (C=O) groups excluding carboxylic acids is 2. The second kappa shape index (κ2) is 6.69. The van der Waals surface area contributed by atoms with Crippen LogP contribution >= 0.6 is 0 Å². The van der Waals surface area contributed by atoms with Gasteiger partial charge >= 0.3 is 0 Å². The molecule has 23 heavy (non-hydrogen) atoms. The van der Waals surface area contributed by atoms with Crippen LogP contribution in [0.25, 0.3) is 0 Å². The summed E-state index contributed by atoms with van der Waals surface area (Å²) in [5.41, 5.74) is 1.69. The summed E-state index contributed by atoms with van der Waals surface area (Å²) in [4.78, 5) is 23.3. The van der Waals surface area contributed by atoms with Crippen molar-refractivity contribution in [3.8, 4) is 5.75 Å². The summed E-state index contributed by atoms with van der Waals surface area (Å²) in [7, 11) is 0. The number of nitrogens with one attached hydrogen (secondary N) is 1. The Morgan fingerprint density at radius 2 is 2.04 bits per heavy atom. The molecule has 0 bridgehead atoms. The zero-order valence-electron chi connectivity index (χ0n) is 13.0. The van der Waals surface area contributed by atoms with E-state index >= 15 is 0 Å². The first-order valence-corrected chi connectivity index (χ1v) is 7.73. The van der Waals surface area contributed by atoms with E-state index in [4.69, 9.17) is 9.15 Å². The third kappa shape index (κ3) is 3.62. The van der Waals surface area contributed by atoms with Gasteiger partial charge in [0.1, 0.15) is 11.5 Å². The Morgan fingerprint density at radius 1 is 1.26 bits per heavy atom. The van der Waals surface area contributed by atoms with Crippen molar-refractivity contribution in [1.82, 2.24) is 5.32 Å². The highest BCUT2D eigenvalue weighted by Gasteiger charge is 2.24. The highest BCUT2D eigenvalue weighted by molar-refractivity contribution is 5.94. The third-order valence-corrected chi connectivity index (χ3v) is 4.02. The fourth-order valence-electron chi connectivity index (χ4n) is 2.81. The van der Waals surface area contributed by atoms with Crippen LogP contribution in [0.15, 0.2) is 41.0 Å². The summed E-state index contributed by atoms with van der Waals surface area (Å²) >= 11 is 0. The molecule has 0 spiro atoms. The van der Waals surface area contributed by atoms with Gasteiger partial charge in [-0.2, -0.15) is 0 Å². The molecule has 1 atom stereocenters. The minimum Gasteiger partial charge on any atom is -0.484 e. The smallest absolute Gasteiger partial charge is 0.258 e. The number of carbonyl (C=O) groups is 2. The van der Waals surface area contributed by atoms with E-state index in [1.807, 2.05) is 6.07 Å². The molecule has 5 nitrogen and oxygen atoms in total. The highest BCUT2D eigenvalue weighted by atomic mass is 16.5. The Hall–Kier alpha value is -2.56. The number of Topliss-reactive ketones (excluding diaryl/α,β-unsaturated/α-hetero) is 1. The number of ketones is 1. The molecule has 1 N–H and O–H groups in total. The van der Waals surface area contributed by atoms with Gasteiger partial charge in [-0.15, -0.1) is 0 Å². The second-order valence-corrected chi connectivity index (χ2v) is 5.68. The fourth-order valence-corrected chi connectivity index (χ4v) is 2.81. The number of rotatable bonds is 5. The van der Waals surface area contributed by atoms with Gasteiger partial charge in [0.2, 0.25) is 0 Å². The van der Waals surface area contributed by atoms with Crippen molar-refractivity contribution in [3.63, 3.8) is 0 Å². The molecule has 1 aliphatic rings. The predicted octanol–water partition coefficient (Wildman–Crippen LogP) is 3.05. The standard InChI is InChI=1S/C18H19NO4/c1-12(20)13-5-7-14(8-6-13)23-11-18(21)19-16-3-2-4-17-15(16)9-10-22-17/h5-10,16H,2-4,11H2,1H3,(H,19,21). The molecule has 1 aromatic carbocycles. The molecular formula is C18H19NO4. The van der Waals surface area contributed by atoms with Crippen molar-refractivity contribution in [2.24, 2.45) is 0 Å². The van der Waals surface area contributed by atoms with Crippen LogP contribution in [-0.2, 0) is 11.2 Å². The first-order valence-electron chi connectivity index (χ1n) is 7.73. The van der Waals surface area contributed by atoms with Crippen LogP contribution in [0, 0.1) is 0 Å². The van der Waals surface area contributed by atoms with E-state index in [1.54, 1.807) is 30.5 Å². The van der Waals surface area contributed by atoms with Crippen molar-refractivity contribution in [2.75, 3.05) is 6.61 Å². The van der Waals surface area contributed by atoms with Gasteiger partial charge in [0.05, 0.1) is 12.3 Å². The number of furan rings is 1. The maximum atomic E-state index is 12.1. The number of benzene rings is 1. The normalized spacial score (nSPS) is 16.5. The molecule has 5 heteroatoms. The highest BCUT2D eigenvalue weighted by Crippen LogP contribution is 2.30. The Kier molecular flexibility index (Phi) is 4.46. The molecule has 1 heterocycles. The van der Waals surface area contributed by atoms with E-state index in [9.17, 15) is 9.59 Å². The van der Waals surface area contributed by atoms with Crippen LogP contribution in [0.3, 0.4) is 0 Å². The molecule has 0 fully saturated rings. The van der Waals surface area contributed by atoms with Crippen LogP contribution in [-0.4, -0.2) is 18.3 Å². The van der Waals surface area contributed by atoms with Crippen molar-refractivity contribution in [3.05, 3.63) is 53.5 Å². The van der Waals surface area contributed by atoms with E-state index < -0.39 is 0 Å². The molecule has 0 saturated carbocycles. The molecule has 1 aliphatic carbocycles. The topological polar surface area (TPSA) is 68.5 Å². The monoisotopic (exact) mass is 313 g/mol. The number of ether oxygens (including phenoxy) is 1. The molecule has 2 aromatic rings. The summed E-state index contributed by atoms with van der Waals surface area (Å²) in [6.45, 7) is 1.46. The van der Waals surface area contributed by atoms with Crippen LogP contribution < -0.4 is 10.1 Å². The summed E-state index contributed by atoms with van der Waals surface area (Å²) in [6, 6.07) is 8.68. The average molecular weight is 313 g/mol. The van der Waals surface area contributed by atoms with Crippen LogP contribution in [0.4, 0.5) is 0 Å². The lowest BCUT2D eigenvalue weighted by atomic mass is 9.93. The number of hydrogen-bond acceptors (Lipinski definition) is 4. The molecule has 0 saturated heterocycles. The first-order chi connectivity index (χ1) is 11.1.